The molecule has 56 valence electrons. The molecule has 1 rings (SSSR count). The predicted octanol–water partition coefficient (Wildman–Crippen LogP) is 2.37. The highest BCUT2D eigenvalue weighted by molar-refractivity contribution is 9.10. The van der Waals surface area contributed by atoms with Gasteiger partial charge in [0.15, 0.2) is 6.19 Å². The lowest BCUT2D eigenvalue weighted by molar-refractivity contribution is 1.20. The molecule has 0 unspecified atom stereocenters. The van der Waals surface area contributed by atoms with E-state index in [2.05, 4.69) is 15.9 Å². The van der Waals surface area contributed by atoms with E-state index in [9.17, 15) is 0 Å². The van der Waals surface area contributed by atoms with Crippen LogP contribution in [0, 0.1) is 11.5 Å². The summed E-state index contributed by atoms with van der Waals surface area (Å²) in [4.78, 5) is 1.51. The lowest BCUT2D eigenvalue weighted by Gasteiger charge is -2.07. The van der Waals surface area contributed by atoms with Gasteiger partial charge in [0.2, 0.25) is 0 Å². The van der Waals surface area contributed by atoms with Crippen LogP contribution in [-0.2, 0) is 0 Å². The molecule has 0 N–H and O–H groups in total. The number of benzene rings is 1. The summed E-state index contributed by atoms with van der Waals surface area (Å²) in [5, 5.41) is 8.52. The van der Waals surface area contributed by atoms with Crippen LogP contribution in [0.25, 0.3) is 0 Å². The van der Waals surface area contributed by atoms with E-state index in [0.29, 0.717) is 0 Å². The van der Waals surface area contributed by atoms with Gasteiger partial charge in [0.25, 0.3) is 0 Å². The minimum Gasteiger partial charge on any atom is -0.283 e. The second-order valence-electron chi connectivity index (χ2n) is 2.14. The van der Waals surface area contributed by atoms with E-state index < -0.39 is 0 Å². The van der Waals surface area contributed by atoms with Crippen LogP contribution in [0.5, 0.6) is 0 Å². The number of nitrogens with zero attached hydrogens (tertiary/aromatic N) is 2. The molecule has 0 saturated heterocycles. The van der Waals surface area contributed by atoms with Crippen LogP contribution in [0.3, 0.4) is 0 Å². The Labute approximate surface area is 74.2 Å². The summed E-state index contributed by atoms with van der Waals surface area (Å²) in [6.07, 6.45) is 2.02. The van der Waals surface area contributed by atoms with Gasteiger partial charge in [-0.2, -0.15) is 5.26 Å². The van der Waals surface area contributed by atoms with Crippen molar-refractivity contribution in [3.8, 4) is 6.19 Å². The first-order chi connectivity index (χ1) is 5.24. The zero-order chi connectivity index (χ0) is 8.27. The first-order valence-electron chi connectivity index (χ1n) is 3.13. The molecule has 0 aliphatic rings. The van der Waals surface area contributed by atoms with Crippen molar-refractivity contribution < 1.29 is 0 Å². The molecule has 0 bridgehead atoms. The standard InChI is InChI=1S/C8H7BrN2/c1-11(6-10)8-4-2-7(9)3-5-8/h2-5H,1H3. The minimum absolute atomic E-state index is 0.899. The van der Waals surface area contributed by atoms with Gasteiger partial charge in [-0.25, -0.2) is 0 Å². The Morgan fingerprint density at radius 3 is 2.36 bits per heavy atom. The third-order valence-electron chi connectivity index (χ3n) is 1.36. The van der Waals surface area contributed by atoms with Gasteiger partial charge >= 0.3 is 0 Å². The molecule has 11 heavy (non-hydrogen) atoms. The quantitative estimate of drug-likeness (QED) is 0.526. The number of hydrogen-bond donors (Lipinski definition) is 0. The summed E-state index contributed by atoms with van der Waals surface area (Å²) < 4.78 is 1.02. The summed E-state index contributed by atoms with van der Waals surface area (Å²) in [6.45, 7) is 0. The first kappa shape index (κ1) is 8.09. The first-order valence-corrected chi connectivity index (χ1v) is 3.92. The lowest BCUT2D eigenvalue weighted by atomic mass is 10.3. The largest absolute Gasteiger partial charge is 0.283 e. The molecule has 0 aromatic heterocycles. The molecule has 0 aliphatic carbocycles. The summed E-state index contributed by atoms with van der Waals surface area (Å²) in [5.41, 5.74) is 0.899. The van der Waals surface area contributed by atoms with Crippen molar-refractivity contribution in [2.75, 3.05) is 11.9 Å². The second kappa shape index (κ2) is 3.40. The van der Waals surface area contributed by atoms with E-state index in [1.54, 1.807) is 7.05 Å². The molecule has 0 radical (unpaired) electrons. The van der Waals surface area contributed by atoms with Crippen molar-refractivity contribution in [3.05, 3.63) is 28.7 Å². The SMILES string of the molecule is CN(C#N)c1ccc(Br)cc1. The van der Waals surface area contributed by atoms with Crippen LogP contribution in [0.15, 0.2) is 28.7 Å². The Morgan fingerprint density at radius 2 is 1.91 bits per heavy atom. The molecule has 0 fully saturated rings. The van der Waals surface area contributed by atoms with Gasteiger partial charge in [-0.05, 0) is 24.3 Å². The fraction of sp³-hybridized carbons (Fsp3) is 0.125. The third kappa shape index (κ3) is 1.95. The lowest BCUT2D eigenvalue weighted by Crippen LogP contribution is -2.07. The van der Waals surface area contributed by atoms with Gasteiger partial charge in [-0.1, -0.05) is 15.9 Å². The highest BCUT2D eigenvalue weighted by Crippen LogP contribution is 2.16. The molecule has 0 saturated carbocycles. The Kier molecular flexibility index (Phi) is 2.50. The van der Waals surface area contributed by atoms with Gasteiger partial charge in [-0.3, -0.25) is 4.90 Å². The van der Waals surface area contributed by atoms with Crippen molar-refractivity contribution in [2.24, 2.45) is 0 Å². The highest BCUT2D eigenvalue weighted by Gasteiger charge is 1.96. The normalized spacial score (nSPS) is 8.82. The smallest absolute Gasteiger partial charge is 0.183 e. The summed E-state index contributed by atoms with van der Waals surface area (Å²) in [7, 11) is 1.73. The molecule has 0 atom stereocenters. The minimum atomic E-state index is 0.899. The number of hydrogen-bond acceptors (Lipinski definition) is 2. The van der Waals surface area contributed by atoms with E-state index in [4.69, 9.17) is 5.26 Å². The molecular formula is C8H7BrN2. The predicted molar refractivity (Wildman–Crippen MR) is 48.2 cm³/mol. The zero-order valence-corrected chi connectivity index (χ0v) is 7.67. The van der Waals surface area contributed by atoms with Gasteiger partial charge in [-0.15, -0.1) is 0 Å². The fourth-order valence-electron chi connectivity index (χ4n) is 0.722. The Balaban J connectivity index is 2.92. The van der Waals surface area contributed by atoms with Crippen molar-refractivity contribution >= 4 is 21.6 Å². The molecule has 0 amide bonds. The maximum Gasteiger partial charge on any atom is 0.183 e. The van der Waals surface area contributed by atoms with Crippen molar-refractivity contribution in [2.45, 2.75) is 0 Å². The molecule has 0 heterocycles. The van der Waals surface area contributed by atoms with Gasteiger partial charge < -0.3 is 0 Å². The van der Waals surface area contributed by atoms with Crippen LogP contribution >= 0.6 is 15.9 Å². The number of halogens is 1. The van der Waals surface area contributed by atoms with E-state index in [-0.39, 0.29) is 0 Å². The monoisotopic (exact) mass is 210 g/mol. The van der Waals surface area contributed by atoms with E-state index in [1.165, 1.54) is 4.90 Å². The average molecular weight is 211 g/mol. The van der Waals surface area contributed by atoms with Gasteiger partial charge in [0.1, 0.15) is 0 Å². The summed E-state index contributed by atoms with van der Waals surface area (Å²) in [5.74, 6) is 0. The Bertz CT molecular complexity index is 273. The van der Waals surface area contributed by atoms with Crippen molar-refractivity contribution in [3.63, 3.8) is 0 Å². The molecule has 1 aromatic carbocycles. The van der Waals surface area contributed by atoms with Crippen molar-refractivity contribution in [1.29, 1.82) is 5.26 Å². The molecule has 2 nitrogen and oxygen atoms in total. The van der Waals surface area contributed by atoms with E-state index >= 15 is 0 Å². The van der Waals surface area contributed by atoms with Crippen LogP contribution < -0.4 is 4.90 Å². The Morgan fingerprint density at radius 1 is 1.36 bits per heavy atom. The molecule has 0 spiro atoms. The third-order valence-corrected chi connectivity index (χ3v) is 1.89. The molecule has 3 heteroatoms. The average Bonchev–Trinajstić information content (AvgIpc) is 2.05. The highest BCUT2D eigenvalue weighted by atomic mass is 79.9. The maximum absolute atomic E-state index is 8.52. The fourth-order valence-corrected chi connectivity index (χ4v) is 0.987. The molecular weight excluding hydrogens is 204 g/mol. The van der Waals surface area contributed by atoms with Crippen LogP contribution in [0.4, 0.5) is 5.69 Å². The summed E-state index contributed by atoms with van der Waals surface area (Å²) in [6, 6.07) is 7.58. The van der Waals surface area contributed by atoms with Crippen molar-refractivity contribution in [1.82, 2.24) is 0 Å². The number of rotatable bonds is 1. The topological polar surface area (TPSA) is 27.0 Å². The Hall–Kier alpha value is -1.01. The number of anilines is 1. The van der Waals surface area contributed by atoms with E-state index in [1.807, 2.05) is 30.5 Å². The summed E-state index contributed by atoms with van der Waals surface area (Å²) >= 11 is 3.32. The van der Waals surface area contributed by atoms with Crippen LogP contribution in [-0.4, -0.2) is 7.05 Å². The zero-order valence-electron chi connectivity index (χ0n) is 6.08. The van der Waals surface area contributed by atoms with Crippen LogP contribution in [0.1, 0.15) is 0 Å². The van der Waals surface area contributed by atoms with Crippen LogP contribution in [0.2, 0.25) is 0 Å². The van der Waals surface area contributed by atoms with E-state index in [0.717, 1.165) is 10.2 Å². The number of nitriles is 1. The van der Waals surface area contributed by atoms with Gasteiger partial charge in [0, 0.05) is 11.5 Å². The molecule has 0 aliphatic heterocycles. The van der Waals surface area contributed by atoms with Gasteiger partial charge in [0.05, 0.1) is 5.69 Å². The molecule has 1 aromatic rings. The maximum atomic E-state index is 8.52. The second-order valence-corrected chi connectivity index (χ2v) is 3.05.